The van der Waals surface area contributed by atoms with Gasteiger partial charge in [0.05, 0.1) is 19.1 Å². The monoisotopic (exact) mass is 276 g/mol. The Morgan fingerprint density at radius 3 is 2.83 bits per heavy atom. The van der Waals surface area contributed by atoms with Crippen LogP contribution in [0.3, 0.4) is 0 Å². The molecule has 18 heavy (non-hydrogen) atoms. The lowest BCUT2D eigenvalue weighted by Crippen LogP contribution is -2.17. The molecule has 0 aliphatic carbocycles. The second-order valence-electron chi connectivity index (χ2n) is 3.55. The van der Waals surface area contributed by atoms with Crippen LogP contribution in [0.4, 0.5) is 8.78 Å². The highest BCUT2D eigenvalue weighted by atomic mass is 32.2. The third kappa shape index (κ3) is 5.01. The maximum Gasteiger partial charge on any atom is 0.308 e. The smallest absolute Gasteiger partial charge is 0.308 e. The third-order valence-corrected chi connectivity index (χ3v) is 3.23. The van der Waals surface area contributed by atoms with Gasteiger partial charge in [0.25, 0.3) is 0 Å². The van der Waals surface area contributed by atoms with Crippen molar-refractivity contribution >= 4 is 17.7 Å². The number of hydrogen-bond acceptors (Lipinski definition) is 4. The van der Waals surface area contributed by atoms with Crippen LogP contribution in [0.5, 0.6) is 0 Å². The Morgan fingerprint density at radius 2 is 2.22 bits per heavy atom. The van der Waals surface area contributed by atoms with Gasteiger partial charge in [-0.3, -0.25) is 4.79 Å². The van der Waals surface area contributed by atoms with Crippen molar-refractivity contribution in [2.45, 2.75) is 24.3 Å². The van der Waals surface area contributed by atoms with Crippen LogP contribution in [-0.4, -0.2) is 29.5 Å². The minimum Gasteiger partial charge on any atom is -0.466 e. The van der Waals surface area contributed by atoms with Crippen molar-refractivity contribution in [3.05, 3.63) is 29.8 Å². The normalized spacial score (nSPS) is 12.2. The van der Waals surface area contributed by atoms with E-state index in [2.05, 4.69) is 4.74 Å². The second-order valence-corrected chi connectivity index (χ2v) is 4.61. The first-order chi connectivity index (χ1) is 8.52. The number of carbonyl (C=O) groups excluding carboxylic acids is 1. The fourth-order valence-electron chi connectivity index (χ4n) is 1.25. The van der Waals surface area contributed by atoms with Crippen molar-refractivity contribution in [1.82, 2.24) is 0 Å². The first-order valence-corrected chi connectivity index (χ1v) is 6.43. The summed E-state index contributed by atoms with van der Waals surface area (Å²) in [6.45, 7) is 1.93. The molecule has 0 radical (unpaired) electrons. The molecule has 0 amide bonds. The Balaban J connectivity index is 2.42. The van der Waals surface area contributed by atoms with E-state index in [1.807, 2.05) is 0 Å². The highest BCUT2D eigenvalue weighted by molar-refractivity contribution is 7.99. The second kappa shape index (κ2) is 7.33. The number of ether oxygens (including phenoxy) is 1. The van der Waals surface area contributed by atoms with Gasteiger partial charge in [-0.15, -0.1) is 11.8 Å². The van der Waals surface area contributed by atoms with E-state index in [0.717, 1.165) is 23.9 Å². The summed E-state index contributed by atoms with van der Waals surface area (Å²) < 4.78 is 30.6. The lowest BCUT2D eigenvalue weighted by Gasteiger charge is -2.09. The molecule has 1 atom stereocenters. The predicted molar refractivity (Wildman–Crippen MR) is 64.3 cm³/mol. The zero-order valence-electron chi connectivity index (χ0n) is 9.86. The number of esters is 1. The van der Waals surface area contributed by atoms with Crippen molar-refractivity contribution in [2.75, 3.05) is 12.4 Å². The third-order valence-electron chi connectivity index (χ3n) is 2.03. The molecule has 1 N–H and O–H groups in total. The van der Waals surface area contributed by atoms with Crippen LogP contribution in [0, 0.1) is 11.6 Å². The minimum absolute atomic E-state index is 0.135. The molecule has 1 unspecified atom stereocenters. The van der Waals surface area contributed by atoms with Crippen LogP contribution in [0.2, 0.25) is 0 Å². The van der Waals surface area contributed by atoms with Crippen LogP contribution >= 0.6 is 11.8 Å². The number of aliphatic hydroxyl groups is 1. The molecule has 0 saturated carbocycles. The highest BCUT2D eigenvalue weighted by Crippen LogP contribution is 2.23. The van der Waals surface area contributed by atoms with Gasteiger partial charge >= 0.3 is 5.97 Å². The Hall–Kier alpha value is -1.14. The molecule has 100 valence electrons. The summed E-state index contributed by atoms with van der Waals surface area (Å²) in [5.74, 6) is -1.68. The van der Waals surface area contributed by atoms with Crippen LogP contribution in [0.15, 0.2) is 23.1 Å². The van der Waals surface area contributed by atoms with Gasteiger partial charge in [-0.1, -0.05) is 0 Å². The molecule has 0 aliphatic rings. The number of rotatable bonds is 6. The molecular formula is C12H14F2O3S. The van der Waals surface area contributed by atoms with E-state index in [1.165, 1.54) is 6.07 Å². The van der Waals surface area contributed by atoms with Crippen LogP contribution in [-0.2, 0) is 9.53 Å². The summed E-state index contributed by atoms with van der Waals surface area (Å²) >= 11 is 1.02. The Labute approximate surface area is 108 Å². The van der Waals surface area contributed by atoms with Gasteiger partial charge in [0.2, 0.25) is 0 Å². The molecule has 0 spiro atoms. The molecule has 0 fully saturated rings. The lowest BCUT2D eigenvalue weighted by molar-refractivity contribution is -0.144. The summed E-state index contributed by atoms with van der Waals surface area (Å²) in [5, 5.41) is 9.53. The molecule has 0 aliphatic heterocycles. The fourth-order valence-corrected chi connectivity index (χ4v) is 2.10. The van der Waals surface area contributed by atoms with Crippen LogP contribution in [0.1, 0.15) is 13.3 Å². The Morgan fingerprint density at radius 1 is 1.50 bits per heavy atom. The van der Waals surface area contributed by atoms with Gasteiger partial charge in [-0.05, 0) is 19.1 Å². The molecule has 1 aromatic rings. The van der Waals surface area contributed by atoms with Gasteiger partial charge < -0.3 is 9.84 Å². The van der Waals surface area contributed by atoms with Gasteiger partial charge in [0, 0.05) is 16.7 Å². The molecule has 1 aromatic carbocycles. The largest absolute Gasteiger partial charge is 0.466 e. The molecule has 0 heterocycles. The van der Waals surface area contributed by atoms with Gasteiger partial charge in [0.1, 0.15) is 11.6 Å². The molecule has 3 nitrogen and oxygen atoms in total. The van der Waals surface area contributed by atoms with E-state index in [-0.39, 0.29) is 23.7 Å². The molecule has 6 heteroatoms. The summed E-state index contributed by atoms with van der Waals surface area (Å²) in [5.41, 5.74) is 0. The standard InChI is InChI=1S/C12H14F2O3S/c1-2-17-12(16)6-9(15)7-18-11-4-3-8(13)5-10(11)14/h3-5,9,15H,2,6-7H2,1H3. The number of thioether (sulfide) groups is 1. The quantitative estimate of drug-likeness (QED) is 0.640. The van der Waals surface area contributed by atoms with Gasteiger partial charge in [-0.25, -0.2) is 8.78 Å². The van der Waals surface area contributed by atoms with E-state index < -0.39 is 23.7 Å². The summed E-state index contributed by atoms with van der Waals surface area (Å²) in [7, 11) is 0. The van der Waals surface area contributed by atoms with Crippen molar-refractivity contribution in [3.63, 3.8) is 0 Å². The maximum absolute atomic E-state index is 13.3. The zero-order valence-corrected chi connectivity index (χ0v) is 10.7. The summed E-state index contributed by atoms with van der Waals surface area (Å²) in [6, 6.07) is 3.22. The van der Waals surface area contributed by atoms with E-state index in [4.69, 9.17) is 0 Å². The highest BCUT2D eigenvalue weighted by Gasteiger charge is 2.13. The van der Waals surface area contributed by atoms with E-state index >= 15 is 0 Å². The molecule has 1 rings (SSSR count). The molecule has 0 aromatic heterocycles. The van der Waals surface area contributed by atoms with E-state index in [0.29, 0.717) is 0 Å². The Kier molecular flexibility index (Phi) is 6.07. The minimum atomic E-state index is -0.918. The first-order valence-electron chi connectivity index (χ1n) is 5.44. The first kappa shape index (κ1) is 14.9. The number of halogens is 2. The van der Waals surface area contributed by atoms with Crippen LogP contribution < -0.4 is 0 Å². The number of benzene rings is 1. The number of hydrogen-bond donors (Lipinski definition) is 1. The van der Waals surface area contributed by atoms with E-state index in [9.17, 15) is 18.7 Å². The maximum atomic E-state index is 13.3. The zero-order chi connectivity index (χ0) is 13.5. The van der Waals surface area contributed by atoms with Crippen molar-refractivity contribution in [3.8, 4) is 0 Å². The fraction of sp³-hybridized carbons (Fsp3) is 0.417. The van der Waals surface area contributed by atoms with Crippen molar-refractivity contribution in [1.29, 1.82) is 0 Å². The van der Waals surface area contributed by atoms with Gasteiger partial charge in [0.15, 0.2) is 0 Å². The average molecular weight is 276 g/mol. The van der Waals surface area contributed by atoms with Crippen LogP contribution in [0.25, 0.3) is 0 Å². The van der Waals surface area contributed by atoms with E-state index in [1.54, 1.807) is 6.92 Å². The lowest BCUT2D eigenvalue weighted by atomic mass is 10.3. The van der Waals surface area contributed by atoms with Gasteiger partial charge in [-0.2, -0.15) is 0 Å². The molecule has 0 bridgehead atoms. The molecular weight excluding hydrogens is 262 g/mol. The topological polar surface area (TPSA) is 46.5 Å². The summed E-state index contributed by atoms with van der Waals surface area (Å²) in [6.07, 6.45) is -1.05. The molecule has 0 saturated heterocycles. The Bertz CT molecular complexity index is 412. The van der Waals surface area contributed by atoms with Crippen molar-refractivity contribution < 1.29 is 23.4 Å². The number of aliphatic hydroxyl groups excluding tert-OH is 1. The average Bonchev–Trinajstić information content (AvgIpc) is 2.28. The SMILES string of the molecule is CCOC(=O)CC(O)CSc1ccc(F)cc1F. The number of carbonyl (C=O) groups is 1. The summed E-state index contributed by atoms with van der Waals surface area (Å²) in [4.78, 5) is 11.3. The van der Waals surface area contributed by atoms with Crippen molar-refractivity contribution in [2.24, 2.45) is 0 Å². The predicted octanol–water partition coefficient (Wildman–Crippen LogP) is 2.37.